The molecule has 0 saturated carbocycles. The van der Waals surface area contributed by atoms with E-state index in [0.717, 1.165) is 28.7 Å². The predicted molar refractivity (Wildman–Crippen MR) is 115 cm³/mol. The Morgan fingerprint density at radius 1 is 1.11 bits per heavy atom. The molecular weight excluding hydrogens is 370 g/mol. The van der Waals surface area contributed by atoms with Crippen LogP contribution >= 0.6 is 11.8 Å². The zero-order valence-corrected chi connectivity index (χ0v) is 17.1. The molecule has 2 aromatic carbocycles. The third kappa shape index (κ3) is 5.26. The lowest BCUT2D eigenvalue weighted by Crippen LogP contribution is -2.26. The van der Waals surface area contributed by atoms with E-state index >= 15 is 0 Å². The van der Waals surface area contributed by atoms with Gasteiger partial charge in [0.1, 0.15) is 5.58 Å². The van der Waals surface area contributed by atoms with E-state index in [-0.39, 0.29) is 18.0 Å². The molecule has 1 aromatic heterocycles. The zero-order chi connectivity index (χ0) is 19.9. The number of thioether (sulfide) groups is 1. The minimum atomic E-state index is -0.345. The van der Waals surface area contributed by atoms with Crippen LogP contribution < -0.4 is 10.9 Å². The third-order valence-electron chi connectivity index (χ3n) is 4.70. The van der Waals surface area contributed by atoms with Crippen LogP contribution in [0.5, 0.6) is 0 Å². The molecule has 0 saturated heterocycles. The summed E-state index contributed by atoms with van der Waals surface area (Å²) >= 11 is 1.78. The Morgan fingerprint density at radius 2 is 1.89 bits per heavy atom. The fraction of sp³-hybridized carbons (Fsp3) is 0.304. The second kappa shape index (κ2) is 9.60. The van der Waals surface area contributed by atoms with Gasteiger partial charge in [0.15, 0.2) is 0 Å². The van der Waals surface area contributed by atoms with Gasteiger partial charge in [-0.3, -0.25) is 4.79 Å². The molecular formula is C23H25NO3S. The molecule has 0 unspecified atom stereocenters. The van der Waals surface area contributed by atoms with Crippen LogP contribution in [0.2, 0.25) is 0 Å². The van der Waals surface area contributed by atoms with Gasteiger partial charge < -0.3 is 9.73 Å². The van der Waals surface area contributed by atoms with Gasteiger partial charge in [0.05, 0.1) is 0 Å². The standard InChI is InChI=1S/C23H25NO3S/c1-16-9-10-19-17(2)20(23(26)27-21(19)15-16)11-12-22(25)24-13-6-14-28-18-7-4-3-5-8-18/h3-5,7-10,15H,6,11-14H2,1-2H3,(H,24,25). The molecule has 146 valence electrons. The highest BCUT2D eigenvalue weighted by molar-refractivity contribution is 7.99. The molecule has 0 spiro atoms. The molecule has 0 aliphatic heterocycles. The summed E-state index contributed by atoms with van der Waals surface area (Å²) in [7, 11) is 0. The van der Waals surface area contributed by atoms with E-state index < -0.39 is 0 Å². The molecule has 3 aromatic rings. The highest BCUT2D eigenvalue weighted by Gasteiger charge is 2.13. The van der Waals surface area contributed by atoms with Gasteiger partial charge in [-0.1, -0.05) is 30.3 Å². The maximum Gasteiger partial charge on any atom is 0.339 e. The SMILES string of the molecule is Cc1ccc2c(C)c(CCC(=O)NCCCSc3ccccc3)c(=O)oc2c1. The minimum absolute atomic E-state index is 0.0347. The summed E-state index contributed by atoms with van der Waals surface area (Å²) in [6.07, 6.45) is 1.58. The van der Waals surface area contributed by atoms with Crippen LogP contribution in [0.1, 0.15) is 29.5 Å². The number of rotatable bonds is 8. The van der Waals surface area contributed by atoms with E-state index in [4.69, 9.17) is 4.42 Å². The molecule has 0 aliphatic rings. The monoisotopic (exact) mass is 395 g/mol. The Hall–Kier alpha value is -2.53. The van der Waals surface area contributed by atoms with Crippen LogP contribution in [0.15, 0.2) is 62.6 Å². The van der Waals surface area contributed by atoms with Crippen LogP contribution in [0.25, 0.3) is 11.0 Å². The van der Waals surface area contributed by atoms with Gasteiger partial charge >= 0.3 is 5.63 Å². The summed E-state index contributed by atoms with van der Waals surface area (Å²) in [5.74, 6) is 0.921. The number of hydrogen-bond donors (Lipinski definition) is 1. The molecule has 4 nitrogen and oxygen atoms in total. The second-order valence-electron chi connectivity index (χ2n) is 6.86. The van der Waals surface area contributed by atoms with E-state index in [0.29, 0.717) is 24.1 Å². The van der Waals surface area contributed by atoms with E-state index in [1.165, 1.54) is 4.90 Å². The quantitative estimate of drug-likeness (QED) is 0.343. The summed E-state index contributed by atoms with van der Waals surface area (Å²) in [6, 6.07) is 16.1. The van der Waals surface area contributed by atoms with Crippen LogP contribution in [0, 0.1) is 13.8 Å². The molecule has 0 atom stereocenters. The first-order valence-electron chi connectivity index (χ1n) is 9.52. The first kappa shape index (κ1) is 20.2. The van der Waals surface area contributed by atoms with Crippen molar-refractivity contribution in [1.82, 2.24) is 5.32 Å². The number of aryl methyl sites for hydroxylation is 2. The number of fused-ring (bicyclic) bond motifs is 1. The Balaban J connectivity index is 1.48. The van der Waals surface area contributed by atoms with Crippen molar-refractivity contribution in [2.24, 2.45) is 0 Å². The Morgan fingerprint density at radius 3 is 2.68 bits per heavy atom. The van der Waals surface area contributed by atoms with Crippen molar-refractivity contribution >= 4 is 28.6 Å². The predicted octanol–water partition coefficient (Wildman–Crippen LogP) is 4.64. The van der Waals surface area contributed by atoms with Crippen molar-refractivity contribution in [2.45, 2.75) is 38.0 Å². The summed E-state index contributed by atoms with van der Waals surface area (Å²) in [5.41, 5.74) is 2.80. The fourth-order valence-corrected chi connectivity index (χ4v) is 4.00. The van der Waals surface area contributed by atoms with E-state index in [9.17, 15) is 9.59 Å². The number of carbonyl (C=O) groups excluding carboxylic acids is 1. The zero-order valence-electron chi connectivity index (χ0n) is 16.3. The lowest BCUT2D eigenvalue weighted by molar-refractivity contribution is -0.121. The molecule has 1 N–H and O–H groups in total. The average molecular weight is 396 g/mol. The van der Waals surface area contributed by atoms with Crippen molar-refractivity contribution in [1.29, 1.82) is 0 Å². The normalized spacial score (nSPS) is 10.9. The van der Waals surface area contributed by atoms with Gasteiger partial charge in [-0.15, -0.1) is 11.8 Å². The summed E-state index contributed by atoms with van der Waals surface area (Å²) in [4.78, 5) is 25.7. The highest BCUT2D eigenvalue weighted by Crippen LogP contribution is 2.21. The van der Waals surface area contributed by atoms with Gasteiger partial charge in [0, 0.05) is 28.8 Å². The molecule has 0 aliphatic carbocycles. The summed E-state index contributed by atoms with van der Waals surface area (Å²) in [6.45, 7) is 4.53. The van der Waals surface area contributed by atoms with Crippen molar-refractivity contribution in [3.8, 4) is 0 Å². The second-order valence-corrected chi connectivity index (χ2v) is 8.03. The van der Waals surface area contributed by atoms with Crippen LogP contribution in [-0.2, 0) is 11.2 Å². The van der Waals surface area contributed by atoms with E-state index in [1.54, 1.807) is 11.8 Å². The highest BCUT2D eigenvalue weighted by atomic mass is 32.2. The van der Waals surface area contributed by atoms with Gasteiger partial charge in [0.25, 0.3) is 0 Å². The van der Waals surface area contributed by atoms with Crippen molar-refractivity contribution < 1.29 is 9.21 Å². The summed E-state index contributed by atoms with van der Waals surface area (Å²) < 4.78 is 5.45. The van der Waals surface area contributed by atoms with Crippen LogP contribution in [0.4, 0.5) is 0 Å². The molecule has 5 heteroatoms. The molecule has 3 rings (SSSR count). The Labute approximate surface area is 169 Å². The number of nitrogens with one attached hydrogen (secondary N) is 1. The minimum Gasteiger partial charge on any atom is -0.423 e. The van der Waals surface area contributed by atoms with E-state index in [2.05, 4.69) is 17.4 Å². The largest absolute Gasteiger partial charge is 0.423 e. The number of benzene rings is 2. The molecule has 1 heterocycles. The van der Waals surface area contributed by atoms with Crippen molar-refractivity contribution in [2.75, 3.05) is 12.3 Å². The fourth-order valence-electron chi connectivity index (χ4n) is 3.12. The first-order valence-corrected chi connectivity index (χ1v) is 10.5. The van der Waals surface area contributed by atoms with Crippen LogP contribution in [-0.4, -0.2) is 18.2 Å². The van der Waals surface area contributed by atoms with Gasteiger partial charge in [0.2, 0.25) is 5.91 Å². The van der Waals surface area contributed by atoms with Gasteiger partial charge in [-0.25, -0.2) is 4.79 Å². The number of hydrogen-bond acceptors (Lipinski definition) is 4. The van der Waals surface area contributed by atoms with Crippen molar-refractivity contribution in [3.05, 3.63) is 75.6 Å². The smallest absolute Gasteiger partial charge is 0.339 e. The molecule has 0 radical (unpaired) electrons. The van der Waals surface area contributed by atoms with Crippen molar-refractivity contribution in [3.63, 3.8) is 0 Å². The number of amides is 1. The average Bonchev–Trinajstić information content (AvgIpc) is 2.68. The Kier molecular flexibility index (Phi) is 6.93. The van der Waals surface area contributed by atoms with Gasteiger partial charge in [-0.05, 0) is 61.8 Å². The molecule has 0 bridgehead atoms. The summed E-state index contributed by atoms with van der Waals surface area (Å²) in [5, 5.41) is 3.87. The lowest BCUT2D eigenvalue weighted by atomic mass is 10.0. The van der Waals surface area contributed by atoms with E-state index in [1.807, 2.05) is 50.2 Å². The molecule has 1 amide bonds. The molecule has 0 fully saturated rings. The third-order valence-corrected chi connectivity index (χ3v) is 5.80. The maximum atomic E-state index is 12.3. The van der Waals surface area contributed by atoms with Crippen LogP contribution in [0.3, 0.4) is 0 Å². The topological polar surface area (TPSA) is 59.3 Å². The maximum absolute atomic E-state index is 12.3. The lowest BCUT2D eigenvalue weighted by Gasteiger charge is -2.09. The van der Waals surface area contributed by atoms with Gasteiger partial charge in [-0.2, -0.15) is 0 Å². The first-order chi connectivity index (χ1) is 13.5. The number of carbonyl (C=O) groups is 1. The molecule has 28 heavy (non-hydrogen) atoms. The Bertz CT molecular complexity index is 1010.